The molecule has 0 atom stereocenters. The lowest BCUT2D eigenvalue weighted by Gasteiger charge is -2.04. The summed E-state index contributed by atoms with van der Waals surface area (Å²) in [4.78, 5) is 0. The number of hydrogen-bond donors (Lipinski definition) is 3. The third-order valence-corrected chi connectivity index (χ3v) is 1.25. The van der Waals surface area contributed by atoms with Crippen LogP contribution in [0.4, 0.5) is 0 Å². The van der Waals surface area contributed by atoms with E-state index in [2.05, 4.69) is 17.0 Å². The maximum absolute atomic E-state index is 5.14. The fourth-order valence-corrected chi connectivity index (χ4v) is 0.702. The number of nitrogens with one attached hydrogen (secondary N) is 1. The maximum Gasteiger partial charge on any atom is 0.0590 e. The van der Waals surface area contributed by atoms with Crippen LogP contribution in [0.5, 0.6) is 0 Å². The zero-order chi connectivity index (χ0) is 10.4. The highest BCUT2D eigenvalue weighted by Gasteiger charge is 1.86. The number of nitrogens with two attached hydrogens (primary N) is 2. The molecular formula is C8H23N3O2. The summed E-state index contributed by atoms with van der Waals surface area (Å²) in [5, 5.41) is 3.20. The predicted molar refractivity (Wildman–Crippen MR) is 54.2 cm³/mol. The second kappa shape index (κ2) is 17.8. The highest BCUT2D eigenvalue weighted by molar-refractivity contribution is 4.43. The van der Waals surface area contributed by atoms with Crippen LogP contribution in [-0.2, 0) is 9.47 Å². The minimum atomic E-state index is 0.794. The van der Waals surface area contributed by atoms with Crippen molar-refractivity contribution in [3.63, 3.8) is 0 Å². The van der Waals surface area contributed by atoms with Gasteiger partial charge in [0, 0.05) is 26.3 Å². The van der Waals surface area contributed by atoms with Gasteiger partial charge in [0.2, 0.25) is 0 Å². The molecule has 5 N–H and O–H groups in total. The van der Waals surface area contributed by atoms with Gasteiger partial charge in [-0.05, 0) is 13.8 Å². The molecule has 0 unspecified atom stereocenters. The molecule has 0 aromatic rings. The van der Waals surface area contributed by atoms with Crippen LogP contribution < -0.4 is 17.0 Å². The van der Waals surface area contributed by atoms with Crippen LogP contribution in [0.3, 0.4) is 0 Å². The molecule has 13 heavy (non-hydrogen) atoms. The van der Waals surface area contributed by atoms with Crippen molar-refractivity contribution >= 4 is 0 Å². The van der Waals surface area contributed by atoms with E-state index in [1.165, 1.54) is 0 Å². The minimum Gasteiger partial charge on any atom is -0.380 e. The molecule has 0 rings (SSSR count). The van der Waals surface area contributed by atoms with Crippen LogP contribution >= 0.6 is 0 Å². The van der Waals surface area contributed by atoms with Crippen molar-refractivity contribution in [2.24, 2.45) is 11.7 Å². The quantitative estimate of drug-likeness (QED) is 0.274. The van der Waals surface area contributed by atoms with E-state index in [1.807, 2.05) is 13.8 Å². The molecule has 0 aliphatic heterocycles. The molecule has 0 saturated carbocycles. The molecule has 0 radical (unpaired) electrons. The molecule has 0 saturated heterocycles. The van der Waals surface area contributed by atoms with E-state index >= 15 is 0 Å². The Labute approximate surface area is 80.7 Å². The molecule has 0 aliphatic rings. The van der Waals surface area contributed by atoms with E-state index in [4.69, 9.17) is 9.47 Å². The SMILES string of the molecule is CCOCCNCCOCC.NN. The molecule has 0 spiro atoms. The molecule has 0 aliphatic carbocycles. The topological polar surface area (TPSA) is 82.5 Å². The van der Waals surface area contributed by atoms with Crippen molar-refractivity contribution in [1.29, 1.82) is 0 Å². The van der Waals surface area contributed by atoms with E-state index in [0.717, 1.165) is 39.5 Å². The zero-order valence-electron chi connectivity index (χ0n) is 8.71. The zero-order valence-corrected chi connectivity index (χ0v) is 8.71. The molecule has 0 fully saturated rings. The Bertz CT molecular complexity index is 66.4. The molecule has 0 heterocycles. The Balaban J connectivity index is 0. The highest BCUT2D eigenvalue weighted by Crippen LogP contribution is 1.72. The van der Waals surface area contributed by atoms with E-state index in [-0.39, 0.29) is 0 Å². The first kappa shape index (κ1) is 15.3. The van der Waals surface area contributed by atoms with Crippen molar-refractivity contribution in [3.8, 4) is 0 Å². The van der Waals surface area contributed by atoms with Crippen LogP contribution in [0.1, 0.15) is 13.8 Å². The van der Waals surface area contributed by atoms with Crippen LogP contribution in [0.15, 0.2) is 0 Å². The van der Waals surface area contributed by atoms with Crippen molar-refractivity contribution in [1.82, 2.24) is 5.32 Å². The van der Waals surface area contributed by atoms with E-state index in [0.29, 0.717) is 0 Å². The van der Waals surface area contributed by atoms with Crippen molar-refractivity contribution in [2.75, 3.05) is 39.5 Å². The van der Waals surface area contributed by atoms with Gasteiger partial charge < -0.3 is 14.8 Å². The van der Waals surface area contributed by atoms with Crippen molar-refractivity contribution < 1.29 is 9.47 Å². The van der Waals surface area contributed by atoms with Crippen molar-refractivity contribution in [2.45, 2.75) is 13.8 Å². The molecular weight excluding hydrogens is 170 g/mol. The van der Waals surface area contributed by atoms with Gasteiger partial charge in [-0.2, -0.15) is 0 Å². The third-order valence-electron chi connectivity index (χ3n) is 1.25. The maximum atomic E-state index is 5.14. The molecule has 5 heteroatoms. The van der Waals surface area contributed by atoms with Gasteiger partial charge in [-0.15, -0.1) is 0 Å². The summed E-state index contributed by atoms with van der Waals surface area (Å²) in [7, 11) is 0. The Morgan fingerprint density at radius 2 is 1.31 bits per heavy atom. The minimum absolute atomic E-state index is 0.794. The number of hydrogen-bond acceptors (Lipinski definition) is 5. The van der Waals surface area contributed by atoms with Gasteiger partial charge in [0.15, 0.2) is 0 Å². The van der Waals surface area contributed by atoms with Crippen LogP contribution in [0.2, 0.25) is 0 Å². The Morgan fingerprint density at radius 3 is 1.62 bits per heavy atom. The average Bonchev–Trinajstić information content (AvgIpc) is 2.20. The number of rotatable bonds is 8. The lowest BCUT2D eigenvalue weighted by molar-refractivity contribution is 0.133. The van der Waals surface area contributed by atoms with Gasteiger partial charge in [-0.1, -0.05) is 0 Å². The summed E-state index contributed by atoms with van der Waals surface area (Å²) in [6.45, 7) is 9.02. The van der Waals surface area contributed by atoms with Gasteiger partial charge in [-0.25, -0.2) is 0 Å². The first-order valence-electron chi connectivity index (χ1n) is 4.61. The molecule has 0 bridgehead atoms. The summed E-state index contributed by atoms with van der Waals surface area (Å²) in [5.74, 6) is 8.00. The lowest BCUT2D eigenvalue weighted by atomic mass is 10.6. The Morgan fingerprint density at radius 1 is 0.923 bits per heavy atom. The second-order valence-corrected chi connectivity index (χ2v) is 2.14. The monoisotopic (exact) mass is 193 g/mol. The van der Waals surface area contributed by atoms with E-state index in [1.54, 1.807) is 0 Å². The van der Waals surface area contributed by atoms with Crippen LogP contribution in [0, 0.1) is 0 Å². The largest absolute Gasteiger partial charge is 0.380 e. The number of hydrazine groups is 1. The first-order valence-corrected chi connectivity index (χ1v) is 4.61. The lowest BCUT2D eigenvalue weighted by Crippen LogP contribution is -2.23. The van der Waals surface area contributed by atoms with E-state index < -0.39 is 0 Å². The van der Waals surface area contributed by atoms with Gasteiger partial charge in [0.25, 0.3) is 0 Å². The van der Waals surface area contributed by atoms with E-state index in [9.17, 15) is 0 Å². The van der Waals surface area contributed by atoms with Crippen molar-refractivity contribution in [3.05, 3.63) is 0 Å². The Hall–Kier alpha value is -0.200. The second-order valence-electron chi connectivity index (χ2n) is 2.14. The molecule has 82 valence electrons. The summed E-state index contributed by atoms with van der Waals surface area (Å²) >= 11 is 0. The fraction of sp³-hybridized carbons (Fsp3) is 1.00. The summed E-state index contributed by atoms with van der Waals surface area (Å²) in [5.41, 5.74) is 0. The van der Waals surface area contributed by atoms with Gasteiger partial charge in [0.1, 0.15) is 0 Å². The summed E-state index contributed by atoms with van der Waals surface area (Å²) in [6.07, 6.45) is 0. The first-order chi connectivity index (χ1) is 6.41. The molecule has 0 amide bonds. The predicted octanol–water partition coefficient (Wildman–Crippen LogP) is -0.532. The fourth-order valence-electron chi connectivity index (χ4n) is 0.702. The Kier molecular flexibility index (Phi) is 20.9. The molecule has 0 aromatic carbocycles. The van der Waals surface area contributed by atoms with Gasteiger partial charge in [0.05, 0.1) is 13.2 Å². The third kappa shape index (κ3) is 18.6. The smallest absolute Gasteiger partial charge is 0.0590 e. The average molecular weight is 193 g/mol. The summed E-state index contributed by atoms with van der Waals surface area (Å²) < 4.78 is 10.3. The normalized spacial score (nSPS) is 9.23. The summed E-state index contributed by atoms with van der Waals surface area (Å²) in [6, 6.07) is 0. The standard InChI is InChI=1S/C8H19NO2.H4N2/c1-3-10-7-5-9-6-8-11-4-2;1-2/h9H,3-8H2,1-2H3;1-2H2. The van der Waals surface area contributed by atoms with Crippen LogP contribution in [-0.4, -0.2) is 39.5 Å². The van der Waals surface area contributed by atoms with Crippen LogP contribution in [0.25, 0.3) is 0 Å². The highest BCUT2D eigenvalue weighted by atomic mass is 16.5. The number of ether oxygens (including phenoxy) is 2. The van der Waals surface area contributed by atoms with Gasteiger partial charge >= 0.3 is 0 Å². The molecule has 0 aromatic heterocycles. The molecule has 5 nitrogen and oxygen atoms in total. The van der Waals surface area contributed by atoms with Gasteiger partial charge in [-0.3, -0.25) is 11.7 Å².